The third-order valence-corrected chi connectivity index (χ3v) is 6.64. The van der Waals surface area contributed by atoms with Crippen LogP contribution in [0.15, 0.2) is 99.6 Å². The van der Waals surface area contributed by atoms with E-state index >= 15 is 0 Å². The smallest absolute Gasteiger partial charge is 0.340 e. The first-order valence-electron chi connectivity index (χ1n) is 9.08. The van der Waals surface area contributed by atoms with Crippen LogP contribution in [0.1, 0.15) is 23.2 Å². The second-order valence-electron chi connectivity index (χ2n) is 6.30. The quantitative estimate of drug-likeness (QED) is 0.460. The molecule has 0 N–H and O–H groups in total. The van der Waals surface area contributed by atoms with Gasteiger partial charge in [-0.15, -0.1) is 0 Å². The van der Waals surface area contributed by atoms with Crippen molar-refractivity contribution in [2.75, 3.05) is 6.61 Å². The van der Waals surface area contributed by atoms with E-state index in [1.807, 2.05) is 36.4 Å². The van der Waals surface area contributed by atoms with E-state index < -0.39 is 6.29 Å². The molecule has 136 valence electrons. The van der Waals surface area contributed by atoms with Crippen LogP contribution < -0.4 is 0 Å². The first-order valence-corrected chi connectivity index (χ1v) is 10.3. The molecule has 0 aromatic heterocycles. The summed E-state index contributed by atoms with van der Waals surface area (Å²) in [6.07, 6.45) is 1.31. The molecule has 27 heavy (non-hydrogen) atoms. The van der Waals surface area contributed by atoms with Crippen molar-refractivity contribution < 1.29 is 14.3 Å². The summed E-state index contributed by atoms with van der Waals surface area (Å²) in [5.74, 6) is -0.326. The molecule has 0 amide bonds. The number of carbonyl (C=O) groups is 1. The molecule has 1 heterocycles. The molecular weight excluding hydrogens is 356 g/mol. The van der Waals surface area contributed by atoms with Crippen molar-refractivity contribution in [2.24, 2.45) is 0 Å². The summed E-state index contributed by atoms with van der Waals surface area (Å²) in [6.45, 7) is 0.661. The van der Waals surface area contributed by atoms with Gasteiger partial charge in [0, 0.05) is 6.42 Å². The Bertz CT molecular complexity index is 833. The number of carbonyl (C=O) groups excluding carboxylic acids is 1. The molecule has 4 heteroatoms. The lowest BCUT2D eigenvalue weighted by atomic mass is 10.2. The van der Waals surface area contributed by atoms with Gasteiger partial charge in [-0.3, -0.25) is 0 Å². The molecule has 1 aliphatic heterocycles. The van der Waals surface area contributed by atoms with E-state index in [9.17, 15) is 4.79 Å². The Hall–Kier alpha value is -2.56. The summed E-state index contributed by atoms with van der Waals surface area (Å²) in [4.78, 5) is 16.0. The van der Waals surface area contributed by atoms with Crippen LogP contribution in [0.3, 0.4) is 0 Å². The van der Waals surface area contributed by atoms with Gasteiger partial charge in [-0.25, -0.2) is 4.79 Å². The van der Waals surface area contributed by atoms with Crippen molar-refractivity contribution in [1.29, 1.82) is 0 Å². The maximum Gasteiger partial charge on any atom is 0.340 e. The molecule has 4 rings (SSSR count). The molecule has 0 spiro atoms. The fourth-order valence-corrected chi connectivity index (χ4v) is 5.16. The van der Waals surface area contributed by atoms with E-state index in [2.05, 4.69) is 48.5 Å². The highest BCUT2D eigenvalue weighted by atomic mass is 32.2. The van der Waals surface area contributed by atoms with E-state index in [1.54, 1.807) is 0 Å². The lowest BCUT2D eigenvalue weighted by molar-refractivity contribution is -0.0775. The molecule has 0 saturated carbocycles. The topological polar surface area (TPSA) is 35.5 Å². The molecule has 1 unspecified atom stereocenters. The van der Waals surface area contributed by atoms with Crippen LogP contribution in [0.4, 0.5) is 0 Å². The molecule has 3 aromatic rings. The molecule has 1 saturated heterocycles. The molecule has 3 nitrogen and oxygen atoms in total. The predicted molar refractivity (Wildman–Crippen MR) is 106 cm³/mol. The lowest BCUT2D eigenvalue weighted by Crippen LogP contribution is -2.16. The molecule has 0 aliphatic carbocycles. The Morgan fingerprint density at radius 1 is 0.815 bits per heavy atom. The number of esters is 1. The summed E-state index contributed by atoms with van der Waals surface area (Å²) >= 11 is 0. The van der Waals surface area contributed by atoms with Gasteiger partial charge in [0.1, 0.15) is 0 Å². The first kappa shape index (κ1) is 17.8. The van der Waals surface area contributed by atoms with Crippen LogP contribution in [0, 0.1) is 0 Å². The standard InChI is InChI=1S/C23H21O3S/c24-23(26-22-12-7-17-25-22)18-13-15-21(16-14-18)27(19-8-3-1-4-9-19)20-10-5-2-6-11-20/h1-6,8-11,13-16,22H,7,12,17H2/q+1. The molecular formula is C23H21O3S+. The minimum atomic E-state index is -0.402. The Balaban J connectivity index is 1.60. The fourth-order valence-electron chi connectivity index (χ4n) is 3.08. The highest BCUT2D eigenvalue weighted by Gasteiger charge is 2.28. The summed E-state index contributed by atoms with van der Waals surface area (Å²) in [5.41, 5.74) is 0.555. The van der Waals surface area contributed by atoms with E-state index in [-0.39, 0.29) is 16.9 Å². The number of hydrogen-bond donors (Lipinski definition) is 0. The summed E-state index contributed by atoms with van der Waals surface area (Å²) < 4.78 is 10.8. The normalized spacial score (nSPS) is 16.4. The van der Waals surface area contributed by atoms with Crippen LogP contribution in [-0.4, -0.2) is 18.9 Å². The Morgan fingerprint density at radius 3 is 1.89 bits per heavy atom. The van der Waals surface area contributed by atoms with Gasteiger partial charge in [-0.05, 0) is 55.0 Å². The second-order valence-corrected chi connectivity index (χ2v) is 8.33. The van der Waals surface area contributed by atoms with Gasteiger partial charge in [-0.1, -0.05) is 36.4 Å². The largest absolute Gasteiger partial charge is 0.432 e. The SMILES string of the molecule is O=C(OC1CCCO1)c1ccc([S+](c2ccccc2)c2ccccc2)cc1. The van der Waals surface area contributed by atoms with Crippen molar-refractivity contribution in [3.63, 3.8) is 0 Å². The fraction of sp³-hybridized carbons (Fsp3) is 0.174. The number of ether oxygens (including phenoxy) is 2. The second kappa shape index (κ2) is 8.42. The van der Waals surface area contributed by atoms with Gasteiger partial charge in [-0.2, -0.15) is 0 Å². The van der Waals surface area contributed by atoms with Crippen LogP contribution in [-0.2, 0) is 20.4 Å². The maximum atomic E-state index is 12.3. The average Bonchev–Trinajstić information content (AvgIpc) is 3.23. The van der Waals surface area contributed by atoms with Crippen molar-refractivity contribution in [3.05, 3.63) is 90.5 Å². The van der Waals surface area contributed by atoms with Gasteiger partial charge in [0.25, 0.3) is 0 Å². The van der Waals surface area contributed by atoms with E-state index in [1.165, 1.54) is 14.7 Å². The third kappa shape index (κ3) is 4.24. The molecule has 0 bridgehead atoms. The van der Waals surface area contributed by atoms with Gasteiger partial charge >= 0.3 is 5.97 Å². The molecule has 1 fully saturated rings. The lowest BCUT2D eigenvalue weighted by Gasteiger charge is -2.11. The highest BCUT2D eigenvalue weighted by molar-refractivity contribution is 7.97. The minimum absolute atomic E-state index is 0.217. The molecule has 3 aromatic carbocycles. The Kier molecular flexibility index (Phi) is 5.56. The van der Waals surface area contributed by atoms with Gasteiger partial charge in [0.05, 0.1) is 23.1 Å². The van der Waals surface area contributed by atoms with Crippen molar-refractivity contribution >= 4 is 16.9 Å². The molecule has 0 radical (unpaired) electrons. The van der Waals surface area contributed by atoms with Crippen molar-refractivity contribution in [2.45, 2.75) is 33.8 Å². The zero-order chi connectivity index (χ0) is 18.5. The van der Waals surface area contributed by atoms with E-state index in [0.29, 0.717) is 12.2 Å². The van der Waals surface area contributed by atoms with Crippen LogP contribution in [0.25, 0.3) is 0 Å². The highest BCUT2D eigenvalue weighted by Crippen LogP contribution is 2.31. The zero-order valence-electron chi connectivity index (χ0n) is 14.9. The van der Waals surface area contributed by atoms with E-state index in [0.717, 1.165) is 12.8 Å². The zero-order valence-corrected chi connectivity index (χ0v) is 15.7. The van der Waals surface area contributed by atoms with E-state index in [4.69, 9.17) is 9.47 Å². The minimum Gasteiger partial charge on any atom is -0.432 e. The Morgan fingerprint density at radius 2 is 1.37 bits per heavy atom. The van der Waals surface area contributed by atoms with Gasteiger partial charge < -0.3 is 9.47 Å². The van der Waals surface area contributed by atoms with Crippen LogP contribution in [0.5, 0.6) is 0 Å². The predicted octanol–water partition coefficient (Wildman–Crippen LogP) is 5.08. The van der Waals surface area contributed by atoms with Crippen molar-refractivity contribution in [1.82, 2.24) is 0 Å². The third-order valence-electron chi connectivity index (χ3n) is 4.41. The average molecular weight is 377 g/mol. The Labute approximate surface area is 162 Å². The first-order chi connectivity index (χ1) is 13.3. The maximum absolute atomic E-state index is 12.3. The van der Waals surface area contributed by atoms with Crippen molar-refractivity contribution in [3.8, 4) is 0 Å². The monoisotopic (exact) mass is 377 g/mol. The van der Waals surface area contributed by atoms with Crippen LogP contribution in [0.2, 0.25) is 0 Å². The van der Waals surface area contributed by atoms with Gasteiger partial charge in [0.2, 0.25) is 6.29 Å². The summed E-state index contributed by atoms with van der Waals surface area (Å²) in [5, 5.41) is 0. The summed E-state index contributed by atoms with van der Waals surface area (Å²) in [6, 6.07) is 28.6. The number of benzene rings is 3. The molecule has 1 atom stereocenters. The van der Waals surface area contributed by atoms with Gasteiger partial charge in [0.15, 0.2) is 14.7 Å². The van der Waals surface area contributed by atoms with Crippen LogP contribution >= 0.6 is 0 Å². The number of hydrogen-bond acceptors (Lipinski definition) is 3. The summed E-state index contributed by atoms with van der Waals surface area (Å²) in [7, 11) is -0.217. The molecule has 1 aliphatic rings. The number of rotatable bonds is 5.